The highest BCUT2D eigenvalue weighted by molar-refractivity contribution is 7.09. The zero-order valence-corrected chi connectivity index (χ0v) is 15.7. The van der Waals surface area contributed by atoms with Crippen LogP contribution in [0.2, 0.25) is 0 Å². The summed E-state index contributed by atoms with van der Waals surface area (Å²) in [4.78, 5) is 15.7. The lowest BCUT2D eigenvalue weighted by Crippen LogP contribution is -2.45. The van der Waals surface area contributed by atoms with Crippen LogP contribution in [-0.4, -0.2) is 30.0 Å². The topological polar surface area (TPSA) is 41.6 Å². The second-order valence-corrected chi connectivity index (χ2v) is 7.87. The maximum absolute atomic E-state index is 12.4. The van der Waals surface area contributed by atoms with Crippen molar-refractivity contribution in [2.75, 3.05) is 13.7 Å². The number of hydrogen-bond donors (Lipinski definition) is 1. The smallest absolute Gasteiger partial charge is 0.234 e. The highest BCUT2D eigenvalue weighted by Crippen LogP contribution is 2.21. The third kappa shape index (κ3) is 5.98. The number of nitrogens with one attached hydrogen (secondary N) is 1. The predicted octanol–water partition coefficient (Wildman–Crippen LogP) is 3.67. The molecule has 0 unspecified atom stereocenters. The molecule has 24 heavy (non-hydrogen) atoms. The van der Waals surface area contributed by atoms with Crippen LogP contribution in [0.15, 0.2) is 41.8 Å². The Kier molecular flexibility index (Phi) is 6.40. The van der Waals surface area contributed by atoms with Gasteiger partial charge in [-0.15, -0.1) is 11.3 Å². The van der Waals surface area contributed by atoms with Crippen LogP contribution in [0.4, 0.5) is 0 Å². The van der Waals surface area contributed by atoms with Gasteiger partial charge in [-0.25, -0.2) is 0 Å². The number of methoxy groups -OCH3 is 1. The number of nitrogens with zero attached hydrogens (tertiary/aromatic N) is 1. The number of benzene rings is 1. The molecule has 0 bridgehead atoms. The number of carbonyl (C=O) groups excluding carboxylic acids is 1. The number of rotatable bonds is 7. The first-order valence-corrected chi connectivity index (χ1v) is 8.93. The molecule has 0 radical (unpaired) electrons. The molecule has 0 saturated heterocycles. The molecule has 2 aromatic rings. The van der Waals surface area contributed by atoms with E-state index in [1.165, 1.54) is 4.88 Å². The summed E-state index contributed by atoms with van der Waals surface area (Å²) in [6, 6.07) is 12.1. The second kappa shape index (κ2) is 8.31. The third-order valence-electron chi connectivity index (χ3n) is 3.43. The minimum absolute atomic E-state index is 0.0361. The normalized spacial score (nSPS) is 11.5. The number of thiophene rings is 1. The van der Waals surface area contributed by atoms with Crippen LogP contribution < -0.4 is 10.1 Å². The van der Waals surface area contributed by atoms with Crippen molar-refractivity contribution in [1.29, 1.82) is 0 Å². The number of hydrogen-bond acceptors (Lipinski definition) is 4. The zero-order valence-electron chi connectivity index (χ0n) is 14.8. The van der Waals surface area contributed by atoms with Crippen molar-refractivity contribution >= 4 is 17.2 Å². The van der Waals surface area contributed by atoms with E-state index >= 15 is 0 Å². The van der Waals surface area contributed by atoms with Crippen LogP contribution in [0.25, 0.3) is 0 Å². The van der Waals surface area contributed by atoms with Crippen molar-refractivity contribution in [3.63, 3.8) is 0 Å². The average Bonchev–Trinajstić information content (AvgIpc) is 2.98. The molecule has 4 nitrogen and oxygen atoms in total. The van der Waals surface area contributed by atoms with Gasteiger partial charge in [0.05, 0.1) is 13.7 Å². The minimum atomic E-state index is -0.226. The van der Waals surface area contributed by atoms with Crippen LogP contribution in [0.1, 0.15) is 31.2 Å². The number of ether oxygens (including phenoxy) is 1. The minimum Gasteiger partial charge on any atom is -0.496 e. The summed E-state index contributed by atoms with van der Waals surface area (Å²) in [6.45, 7) is 7.75. The molecule has 0 spiro atoms. The molecule has 2 rings (SSSR count). The Labute approximate surface area is 148 Å². The van der Waals surface area contributed by atoms with Gasteiger partial charge in [0.15, 0.2) is 0 Å². The predicted molar refractivity (Wildman–Crippen MR) is 99.3 cm³/mol. The van der Waals surface area contributed by atoms with Crippen molar-refractivity contribution < 1.29 is 9.53 Å². The fourth-order valence-electron chi connectivity index (χ4n) is 2.53. The lowest BCUT2D eigenvalue weighted by molar-refractivity contribution is -0.123. The van der Waals surface area contributed by atoms with Crippen LogP contribution in [-0.2, 0) is 17.9 Å². The van der Waals surface area contributed by atoms with Crippen molar-refractivity contribution in [2.45, 2.75) is 39.4 Å². The lowest BCUT2D eigenvalue weighted by Gasteiger charge is -2.26. The van der Waals surface area contributed by atoms with E-state index in [-0.39, 0.29) is 11.4 Å². The Morgan fingerprint density at radius 2 is 1.92 bits per heavy atom. The molecule has 0 aliphatic carbocycles. The zero-order chi connectivity index (χ0) is 17.6. The Hall–Kier alpha value is -1.85. The van der Waals surface area contributed by atoms with Gasteiger partial charge in [-0.1, -0.05) is 24.3 Å². The van der Waals surface area contributed by atoms with Crippen molar-refractivity contribution in [2.24, 2.45) is 0 Å². The summed E-state index contributed by atoms with van der Waals surface area (Å²) in [5.74, 6) is 0.888. The van der Waals surface area contributed by atoms with Gasteiger partial charge < -0.3 is 10.1 Å². The third-order valence-corrected chi connectivity index (χ3v) is 4.29. The van der Waals surface area contributed by atoms with Gasteiger partial charge >= 0.3 is 0 Å². The van der Waals surface area contributed by atoms with E-state index in [1.54, 1.807) is 18.4 Å². The second-order valence-electron chi connectivity index (χ2n) is 6.83. The SMILES string of the molecule is COc1ccccc1CN(CC(=O)NC(C)(C)C)Cc1cccs1. The fraction of sp³-hybridized carbons (Fsp3) is 0.421. The Morgan fingerprint density at radius 1 is 1.17 bits per heavy atom. The van der Waals surface area contributed by atoms with E-state index in [1.807, 2.05) is 51.1 Å². The van der Waals surface area contributed by atoms with E-state index in [9.17, 15) is 4.79 Å². The van der Waals surface area contributed by atoms with Crippen LogP contribution in [0.5, 0.6) is 5.75 Å². The van der Waals surface area contributed by atoms with Gasteiger partial charge in [-0.2, -0.15) is 0 Å². The number of para-hydroxylation sites is 1. The van der Waals surface area contributed by atoms with E-state index in [4.69, 9.17) is 4.74 Å². The first kappa shape index (κ1) is 18.5. The van der Waals surface area contributed by atoms with Crippen molar-refractivity contribution in [1.82, 2.24) is 10.2 Å². The van der Waals surface area contributed by atoms with Gasteiger partial charge in [-0.3, -0.25) is 9.69 Å². The first-order chi connectivity index (χ1) is 11.4. The summed E-state index contributed by atoms with van der Waals surface area (Å²) >= 11 is 1.71. The van der Waals surface area contributed by atoms with Crippen LogP contribution in [0.3, 0.4) is 0 Å². The Bertz CT molecular complexity index is 648. The van der Waals surface area contributed by atoms with Crippen molar-refractivity contribution in [3.05, 3.63) is 52.2 Å². The monoisotopic (exact) mass is 346 g/mol. The average molecular weight is 346 g/mol. The molecule has 1 amide bonds. The maximum Gasteiger partial charge on any atom is 0.234 e. The molecule has 1 aromatic heterocycles. The molecule has 1 aromatic carbocycles. The summed E-state index contributed by atoms with van der Waals surface area (Å²) in [6.07, 6.45) is 0. The van der Waals surface area contributed by atoms with E-state index < -0.39 is 0 Å². The van der Waals surface area contributed by atoms with E-state index in [0.717, 1.165) is 17.9 Å². The number of carbonyl (C=O) groups is 1. The molecule has 0 fully saturated rings. The van der Waals surface area contributed by atoms with E-state index in [2.05, 4.69) is 21.7 Å². The summed E-state index contributed by atoms with van der Waals surface area (Å²) in [7, 11) is 1.68. The molecule has 5 heteroatoms. The molecule has 1 N–H and O–H groups in total. The molecule has 0 aliphatic heterocycles. The summed E-state index contributed by atoms with van der Waals surface area (Å²) in [5.41, 5.74) is 0.857. The highest BCUT2D eigenvalue weighted by Gasteiger charge is 2.18. The molecule has 0 atom stereocenters. The highest BCUT2D eigenvalue weighted by atomic mass is 32.1. The van der Waals surface area contributed by atoms with Gasteiger partial charge in [0.25, 0.3) is 0 Å². The summed E-state index contributed by atoms with van der Waals surface area (Å²) in [5, 5.41) is 5.10. The lowest BCUT2D eigenvalue weighted by atomic mass is 10.1. The van der Waals surface area contributed by atoms with Gasteiger partial charge in [0.2, 0.25) is 5.91 Å². The number of amides is 1. The largest absolute Gasteiger partial charge is 0.496 e. The van der Waals surface area contributed by atoms with Crippen molar-refractivity contribution in [3.8, 4) is 5.75 Å². The van der Waals surface area contributed by atoms with Crippen LogP contribution >= 0.6 is 11.3 Å². The molecule has 130 valence electrons. The van der Waals surface area contributed by atoms with Gasteiger partial charge in [0.1, 0.15) is 5.75 Å². The molecular formula is C19H26N2O2S. The first-order valence-electron chi connectivity index (χ1n) is 8.05. The molecule has 1 heterocycles. The summed E-state index contributed by atoms with van der Waals surface area (Å²) < 4.78 is 5.44. The van der Waals surface area contributed by atoms with Gasteiger partial charge in [0, 0.05) is 29.1 Å². The fourth-order valence-corrected chi connectivity index (χ4v) is 3.27. The molecule has 0 saturated carbocycles. The Balaban J connectivity index is 2.11. The van der Waals surface area contributed by atoms with Crippen LogP contribution in [0, 0.1) is 0 Å². The van der Waals surface area contributed by atoms with E-state index in [0.29, 0.717) is 13.1 Å². The Morgan fingerprint density at radius 3 is 2.54 bits per heavy atom. The molecule has 0 aliphatic rings. The molecular weight excluding hydrogens is 320 g/mol. The quantitative estimate of drug-likeness (QED) is 0.832. The maximum atomic E-state index is 12.4. The standard InChI is InChI=1S/C19H26N2O2S/c1-19(2,3)20-18(22)14-21(13-16-9-7-11-24-16)12-15-8-5-6-10-17(15)23-4/h5-11H,12-14H2,1-4H3,(H,20,22). The van der Waals surface area contributed by atoms with Gasteiger partial charge in [-0.05, 0) is 38.3 Å².